The van der Waals surface area contributed by atoms with Crippen molar-refractivity contribution in [2.24, 2.45) is 16.5 Å². The zero-order valence-corrected chi connectivity index (χ0v) is 8.26. The number of primary amides is 1. The first-order valence-electron chi connectivity index (χ1n) is 4.86. The lowest BCUT2D eigenvalue weighted by molar-refractivity contribution is -0.119. The van der Waals surface area contributed by atoms with Crippen LogP contribution in [0.5, 0.6) is 0 Å². The Hall–Kier alpha value is -1.68. The first-order chi connectivity index (χ1) is 7.18. The van der Waals surface area contributed by atoms with E-state index in [9.17, 15) is 4.79 Å². The summed E-state index contributed by atoms with van der Waals surface area (Å²) in [6.07, 6.45) is 2.35. The van der Waals surface area contributed by atoms with Crippen molar-refractivity contribution in [2.75, 3.05) is 0 Å². The molecule has 78 valence electrons. The maximum absolute atomic E-state index is 10.9. The Kier molecular flexibility index (Phi) is 2.51. The molecular weight excluding hydrogens is 190 g/mol. The average Bonchev–Trinajstić information content (AvgIpc) is 2.62. The SMILES string of the molecule is NC(=O)[C@@H](N)CC1C=Nc2ccccc21. The molecule has 4 heteroatoms. The van der Waals surface area contributed by atoms with Crippen molar-refractivity contribution in [3.05, 3.63) is 29.8 Å². The molecule has 0 spiro atoms. The fraction of sp³-hybridized carbons (Fsp3) is 0.273. The Morgan fingerprint density at radius 3 is 2.93 bits per heavy atom. The Labute approximate surface area is 88.0 Å². The van der Waals surface area contributed by atoms with E-state index in [1.54, 1.807) is 0 Å². The quantitative estimate of drug-likeness (QED) is 0.757. The minimum Gasteiger partial charge on any atom is -0.368 e. The highest BCUT2D eigenvalue weighted by Crippen LogP contribution is 2.33. The fourth-order valence-corrected chi connectivity index (χ4v) is 1.75. The van der Waals surface area contributed by atoms with Crippen LogP contribution in [-0.2, 0) is 4.79 Å². The second-order valence-electron chi connectivity index (χ2n) is 3.69. The van der Waals surface area contributed by atoms with E-state index in [1.807, 2.05) is 30.5 Å². The molecule has 1 heterocycles. The summed E-state index contributed by atoms with van der Waals surface area (Å²) in [4.78, 5) is 15.1. The first kappa shape index (κ1) is 9.86. The normalized spacial score (nSPS) is 19.9. The monoisotopic (exact) mass is 203 g/mol. The standard InChI is InChI=1S/C11H13N3O/c12-9(11(13)15)5-7-6-14-10-4-2-1-3-8(7)10/h1-4,6-7,9H,5,12H2,(H2,13,15)/t7?,9-/m0/s1. The third-order valence-corrected chi connectivity index (χ3v) is 2.60. The molecule has 15 heavy (non-hydrogen) atoms. The lowest BCUT2D eigenvalue weighted by Crippen LogP contribution is -2.37. The molecule has 1 aromatic rings. The third-order valence-electron chi connectivity index (χ3n) is 2.60. The maximum atomic E-state index is 10.9. The van der Waals surface area contributed by atoms with Crippen LogP contribution in [0.25, 0.3) is 0 Å². The Morgan fingerprint density at radius 1 is 1.47 bits per heavy atom. The van der Waals surface area contributed by atoms with Crippen LogP contribution < -0.4 is 11.5 Å². The van der Waals surface area contributed by atoms with Crippen LogP contribution in [0.15, 0.2) is 29.3 Å². The summed E-state index contributed by atoms with van der Waals surface area (Å²) in [5.74, 6) is -0.350. The second-order valence-corrected chi connectivity index (χ2v) is 3.69. The zero-order valence-electron chi connectivity index (χ0n) is 8.26. The number of carbonyl (C=O) groups is 1. The van der Waals surface area contributed by atoms with Crippen LogP contribution in [0, 0.1) is 0 Å². The summed E-state index contributed by atoms with van der Waals surface area (Å²) in [7, 11) is 0. The summed E-state index contributed by atoms with van der Waals surface area (Å²) in [6, 6.07) is 7.23. The van der Waals surface area contributed by atoms with Gasteiger partial charge in [0.2, 0.25) is 5.91 Å². The molecule has 1 amide bonds. The third kappa shape index (κ3) is 1.89. The molecule has 0 aromatic heterocycles. The topological polar surface area (TPSA) is 81.5 Å². The Bertz CT molecular complexity index is 414. The Balaban J connectivity index is 2.15. The zero-order chi connectivity index (χ0) is 10.8. The number of carbonyl (C=O) groups excluding carboxylic acids is 1. The molecule has 0 saturated heterocycles. The van der Waals surface area contributed by atoms with Gasteiger partial charge in [0.15, 0.2) is 0 Å². The molecule has 1 aliphatic heterocycles. The molecule has 0 bridgehead atoms. The molecule has 1 aliphatic rings. The summed E-state index contributed by atoms with van der Waals surface area (Å²) >= 11 is 0. The van der Waals surface area contributed by atoms with Gasteiger partial charge in [-0.05, 0) is 18.1 Å². The van der Waals surface area contributed by atoms with Gasteiger partial charge in [-0.15, -0.1) is 0 Å². The van der Waals surface area contributed by atoms with Crippen molar-refractivity contribution < 1.29 is 4.79 Å². The second kappa shape index (κ2) is 3.82. The average molecular weight is 203 g/mol. The van der Waals surface area contributed by atoms with Gasteiger partial charge in [-0.3, -0.25) is 9.79 Å². The molecule has 0 fully saturated rings. The molecule has 1 unspecified atom stereocenters. The molecule has 2 rings (SSSR count). The summed E-state index contributed by atoms with van der Waals surface area (Å²) in [5, 5.41) is 0. The van der Waals surface area contributed by atoms with Gasteiger partial charge in [-0.1, -0.05) is 18.2 Å². The van der Waals surface area contributed by atoms with Gasteiger partial charge < -0.3 is 11.5 Å². The number of para-hydroxylation sites is 1. The number of fused-ring (bicyclic) bond motifs is 1. The maximum Gasteiger partial charge on any atom is 0.234 e. The van der Waals surface area contributed by atoms with Crippen LogP contribution >= 0.6 is 0 Å². The predicted molar refractivity (Wildman–Crippen MR) is 59.1 cm³/mol. The molecule has 0 aliphatic carbocycles. The van der Waals surface area contributed by atoms with Crippen LogP contribution in [0.2, 0.25) is 0 Å². The first-order valence-corrected chi connectivity index (χ1v) is 4.86. The van der Waals surface area contributed by atoms with Crippen LogP contribution in [0.4, 0.5) is 5.69 Å². The van der Waals surface area contributed by atoms with Gasteiger partial charge in [0.25, 0.3) is 0 Å². The number of benzene rings is 1. The fourth-order valence-electron chi connectivity index (χ4n) is 1.75. The Morgan fingerprint density at radius 2 is 2.20 bits per heavy atom. The van der Waals surface area contributed by atoms with Crippen molar-refractivity contribution in [3.63, 3.8) is 0 Å². The minimum absolute atomic E-state index is 0.115. The van der Waals surface area contributed by atoms with E-state index in [4.69, 9.17) is 11.5 Å². The van der Waals surface area contributed by atoms with E-state index in [2.05, 4.69) is 4.99 Å². The van der Waals surface area contributed by atoms with Gasteiger partial charge in [0.05, 0.1) is 11.7 Å². The van der Waals surface area contributed by atoms with Gasteiger partial charge in [-0.2, -0.15) is 0 Å². The molecule has 0 radical (unpaired) electrons. The van der Waals surface area contributed by atoms with Gasteiger partial charge >= 0.3 is 0 Å². The number of hydrogen-bond acceptors (Lipinski definition) is 3. The smallest absolute Gasteiger partial charge is 0.234 e. The highest BCUT2D eigenvalue weighted by molar-refractivity contribution is 5.84. The lowest BCUT2D eigenvalue weighted by atomic mass is 9.94. The number of hydrogen-bond donors (Lipinski definition) is 2. The minimum atomic E-state index is -0.604. The molecular formula is C11H13N3O. The number of nitrogens with two attached hydrogens (primary N) is 2. The lowest BCUT2D eigenvalue weighted by Gasteiger charge is -2.12. The summed E-state index contributed by atoms with van der Waals surface area (Å²) in [6.45, 7) is 0. The molecule has 4 N–H and O–H groups in total. The van der Waals surface area contributed by atoms with Crippen LogP contribution in [0.3, 0.4) is 0 Å². The number of aliphatic imine (C=N–C) groups is 1. The highest BCUT2D eigenvalue weighted by Gasteiger charge is 2.22. The number of nitrogens with zero attached hydrogens (tertiary/aromatic N) is 1. The number of amides is 1. The van der Waals surface area contributed by atoms with E-state index in [0.29, 0.717) is 6.42 Å². The van der Waals surface area contributed by atoms with Crippen molar-refractivity contribution in [1.82, 2.24) is 0 Å². The van der Waals surface area contributed by atoms with E-state index in [0.717, 1.165) is 11.3 Å². The largest absolute Gasteiger partial charge is 0.368 e. The van der Waals surface area contributed by atoms with E-state index < -0.39 is 11.9 Å². The van der Waals surface area contributed by atoms with Crippen molar-refractivity contribution >= 4 is 17.8 Å². The van der Waals surface area contributed by atoms with Crippen molar-refractivity contribution in [3.8, 4) is 0 Å². The van der Waals surface area contributed by atoms with E-state index >= 15 is 0 Å². The molecule has 4 nitrogen and oxygen atoms in total. The van der Waals surface area contributed by atoms with E-state index in [1.165, 1.54) is 0 Å². The summed E-state index contributed by atoms with van der Waals surface area (Å²) in [5.41, 5.74) is 12.8. The van der Waals surface area contributed by atoms with E-state index in [-0.39, 0.29) is 5.92 Å². The van der Waals surface area contributed by atoms with Crippen molar-refractivity contribution in [1.29, 1.82) is 0 Å². The van der Waals surface area contributed by atoms with Crippen molar-refractivity contribution in [2.45, 2.75) is 18.4 Å². The van der Waals surface area contributed by atoms with Gasteiger partial charge in [0, 0.05) is 12.1 Å². The van der Waals surface area contributed by atoms with Crippen LogP contribution in [0.1, 0.15) is 17.9 Å². The van der Waals surface area contributed by atoms with Gasteiger partial charge in [0.1, 0.15) is 0 Å². The molecule has 1 aromatic carbocycles. The predicted octanol–water partition coefficient (Wildman–Crippen LogP) is 0.689. The number of rotatable bonds is 3. The highest BCUT2D eigenvalue weighted by atomic mass is 16.1. The molecule has 2 atom stereocenters. The molecule has 0 saturated carbocycles. The van der Waals surface area contributed by atoms with Gasteiger partial charge in [-0.25, -0.2) is 0 Å². The summed E-state index contributed by atoms with van der Waals surface area (Å²) < 4.78 is 0. The van der Waals surface area contributed by atoms with Crippen LogP contribution in [-0.4, -0.2) is 18.2 Å².